The third-order valence-corrected chi connectivity index (χ3v) is 5.51. The molecule has 1 amide bonds. The third kappa shape index (κ3) is 5.56. The standard InChI is InChI=1S/C24H25F3N2O5/c1-31-20-12-16(13-21-23(20)34-11-10-33-21)2-5-22(30)28-15-17-3-4-18(14-19(17)24(25,26)27)29-6-8-32-9-7-29/h2-5,12-14H,6-11,15H2,1H3,(H,28,30)/b5-2+. The lowest BCUT2D eigenvalue weighted by Gasteiger charge is -2.29. The Morgan fingerprint density at radius 3 is 2.62 bits per heavy atom. The molecule has 0 bridgehead atoms. The number of carbonyl (C=O) groups excluding carboxylic acids is 1. The number of ether oxygens (including phenoxy) is 4. The van der Waals surface area contributed by atoms with E-state index in [1.54, 1.807) is 18.2 Å². The predicted octanol–water partition coefficient (Wildman–Crippen LogP) is 3.65. The second kappa shape index (κ2) is 10.3. The number of methoxy groups -OCH3 is 1. The van der Waals surface area contributed by atoms with Crippen molar-refractivity contribution in [2.75, 3.05) is 51.5 Å². The van der Waals surface area contributed by atoms with Crippen LogP contribution in [0.5, 0.6) is 17.2 Å². The topological polar surface area (TPSA) is 69.3 Å². The first-order valence-electron chi connectivity index (χ1n) is 10.8. The summed E-state index contributed by atoms with van der Waals surface area (Å²) in [6.07, 6.45) is -1.76. The number of benzene rings is 2. The molecule has 0 radical (unpaired) electrons. The lowest BCUT2D eigenvalue weighted by atomic mass is 10.0. The van der Waals surface area contributed by atoms with Crippen molar-refractivity contribution in [1.29, 1.82) is 0 Å². The summed E-state index contributed by atoms with van der Waals surface area (Å²) in [4.78, 5) is 14.2. The van der Waals surface area contributed by atoms with Crippen LogP contribution >= 0.6 is 0 Å². The number of fused-ring (bicyclic) bond motifs is 1. The fourth-order valence-corrected chi connectivity index (χ4v) is 3.80. The number of anilines is 1. The molecule has 2 aliphatic heterocycles. The molecule has 0 saturated carbocycles. The molecule has 2 aliphatic rings. The van der Waals surface area contributed by atoms with Gasteiger partial charge < -0.3 is 29.2 Å². The van der Waals surface area contributed by atoms with Gasteiger partial charge in [-0.05, 0) is 41.5 Å². The minimum atomic E-state index is -4.54. The molecule has 0 unspecified atom stereocenters. The Kier molecular flexibility index (Phi) is 7.16. The lowest BCUT2D eigenvalue weighted by Crippen LogP contribution is -2.36. The van der Waals surface area contributed by atoms with E-state index in [2.05, 4.69) is 5.32 Å². The van der Waals surface area contributed by atoms with Crippen LogP contribution in [0.1, 0.15) is 16.7 Å². The Morgan fingerprint density at radius 2 is 1.88 bits per heavy atom. The van der Waals surface area contributed by atoms with Crippen LogP contribution in [-0.2, 0) is 22.3 Å². The van der Waals surface area contributed by atoms with Crippen molar-refractivity contribution in [1.82, 2.24) is 5.32 Å². The third-order valence-electron chi connectivity index (χ3n) is 5.51. The summed E-state index contributed by atoms with van der Waals surface area (Å²) in [5.74, 6) is 0.933. The number of halogens is 3. The van der Waals surface area contributed by atoms with Crippen LogP contribution in [0.4, 0.5) is 18.9 Å². The Balaban J connectivity index is 1.45. The van der Waals surface area contributed by atoms with Crippen molar-refractivity contribution in [2.24, 2.45) is 0 Å². The molecular weight excluding hydrogens is 453 g/mol. The average Bonchev–Trinajstić information content (AvgIpc) is 2.85. The van der Waals surface area contributed by atoms with Crippen molar-refractivity contribution in [3.05, 3.63) is 53.1 Å². The predicted molar refractivity (Wildman–Crippen MR) is 119 cm³/mol. The Bertz CT molecular complexity index is 1050. The fraction of sp³-hybridized carbons (Fsp3) is 0.375. The summed E-state index contributed by atoms with van der Waals surface area (Å²) in [7, 11) is 1.50. The number of hydrogen-bond donors (Lipinski definition) is 1. The second-order valence-corrected chi connectivity index (χ2v) is 7.74. The molecule has 1 saturated heterocycles. The molecule has 2 heterocycles. The number of nitrogens with one attached hydrogen (secondary N) is 1. The van der Waals surface area contributed by atoms with Gasteiger partial charge in [0.25, 0.3) is 0 Å². The maximum atomic E-state index is 13.7. The van der Waals surface area contributed by atoms with Gasteiger partial charge in [0.05, 0.1) is 25.9 Å². The first kappa shape index (κ1) is 23.7. The van der Waals surface area contributed by atoms with Gasteiger partial charge in [-0.25, -0.2) is 0 Å². The monoisotopic (exact) mass is 478 g/mol. The molecule has 34 heavy (non-hydrogen) atoms. The molecule has 1 N–H and O–H groups in total. The highest BCUT2D eigenvalue weighted by Crippen LogP contribution is 2.40. The number of hydrogen-bond acceptors (Lipinski definition) is 6. The van der Waals surface area contributed by atoms with Crippen LogP contribution in [-0.4, -0.2) is 52.5 Å². The van der Waals surface area contributed by atoms with E-state index in [-0.39, 0.29) is 12.1 Å². The molecule has 0 spiro atoms. The zero-order valence-corrected chi connectivity index (χ0v) is 18.6. The minimum absolute atomic E-state index is 0.00717. The molecule has 4 rings (SSSR count). The van der Waals surface area contributed by atoms with Crippen LogP contribution in [0.2, 0.25) is 0 Å². The van der Waals surface area contributed by atoms with Gasteiger partial charge in [0.1, 0.15) is 13.2 Å². The van der Waals surface area contributed by atoms with E-state index in [1.165, 1.54) is 25.3 Å². The van der Waals surface area contributed by atoms with Crippen LogP contribution in [0.25, 0.3) is 6.08 Å². The maximum Gasteiger partial charge on any atom is 0.416 e. The van der Waals surface area contributed by atoms with Gasteiger partial charge in [-0.2, -0.15) is 13.2 Å². The molecule has 2 aromatic rings. The van der Waals surface area contributed by atoms with Crippen LogP contribution in [0.15, 0.2) is 36.4 Å². The van der Waals surface area contributed by atoms with Gasteiger partial charge in [-0.1, -0.05) is 6.07 Å². The summed E-state index contributed by atoms with van der Waals surface area (Å²) in [5, 5.41) is 2.53. The van der Waals surface area contributed by atoms with Crippen molar-refractivity contribution >= 4 is 17.7 Å². The summed E-state index contributed by atoms with van der Waals surface area (Å²) in [6.45, 7) is 2.56. The SMILES string of the molecule is COc1cc(/C=C/C(=O)NCc2ccc(N3CCOCC3)cc2C(F)(F)F)cc2c1OCCO2. The number of amides is 1. The molecule has 0 aromatic heterocycles. The van der Waals surface area contributed by atoms with E-state index in [0.29, 0.717) is 68.0 Å². The van der Waals surface area contributed by atoms with Crippen molar-refractivity contribution in [2.45, 2.75) is 12.7 Å². The van der Waals surface area contributed by atoms with Gasteiger partial charge in [0.2, 0.25) is 11.7 Å². The molecule has 7 nitrogen and oxygen atoms in total. The van der Waals surface area contributed by atoms with Gasteiger partial charge in [-0.3, -0.25) is 4.79 Å². The van der Waals surface area contributed by atoms with E-state index in [0.717, 1.165) is 6.07 Å². The zero-order chi connectivity index (χ0) is 24.1. The van der Waals surface area contributed by atoms with E-state index >= 15 is 0 Å². The Labute approximate surface area is 195 Å². The molecular formula is C24H25F3N2O5. The number of carbonyl (C=O) groups is 1. The van der Waals surface area contributed by atoms with E-state index in [9.17, 15) is 18.0 Å². The Hall–Kier alpha value is -3.40. The van der Waals surface area contributed by atoms with Gasteiger partial charge in [0.15, 0.2) is 11.5 Å². The van der Waals surface area contributed by atoms with Gasteiger partial charge in [-0.15, -0.1) is 0 Å². The van der Waals surface area contributed by atoms with Crippen LogP contribution in [0.3, 0.4) is 0 Å². The maximum absolute atomic E-state index is 13.7. The number of alkyl halides is 3. The summed E-state index contributed by atoms with van der Waals surface area (Å²) in [5.41, 5.74) is 0.338. The summed E-state index contributed by atoms with van der Waals surface area (Å²) in [6, 6.07) is 7.56. The van der Waals surface area contributed by atoms with Crippen molar-refractivity contribution in [3.8, 4) is 17.2 Å². The lowest BCUT2D eigenvalue weighted by molar-refractivity contribution is -0.138. The van der Waals surface area contributed by atoms with Crippen molar-refractivity contribution < 1.29 is 36.9 Å². The molecule has 0 aliphatic carbocycles. The first-order chi connectivity index (χ1) is 16.3. The molecule has 10 heteroatoms. The number of rotatable bonds is 6. The van der Waals surface area contributed by atoms with E-state index in [1.807, 2.05) is 4.90 Å². The average molecular weight is 478 g/mol. The summed E-state index contributed by atoms with van der Waals surface area (Å²) >= 11 is 0. The van der Waals surface area contributed by atoms with E-state index in [4.69, 9.17) is 18.9 Å². The van der Waals surface area contributed by atoms with E-state index < -0.39 is 17.6 Å². The largest absolute Gasteiger partial charge is 0.493 e. The Morgan fingerprint density at radius 1 is 1.12 bits per heavy atom. The highest BCUT2D eigenvalue weighted by Gasteiger charge is 2.34. The first-order valence-corrected chi connectivity index (χ1v) is 10.8. The van der Waals surface area contributed by atoms with Crippen molar-refractivity contribution in [3.63, 3.8) is 0 Å². The highest BCUT2D eigenvalue weighted by atomic mass is 19.4. The van der Waals surface area contributed by atoms with Gasteiger partial charge >= 0.3 is 6.18 Å². The van der Waals surface area contributed by atoms with Gasteiger partial charge in [0, 0.05) is 31.4 Å². The number of nitrogens with zero attached hydrogens (tertiary/aromatic N) is 1. The molecule has 2 aromatic carbocycles. The van der Waals surface area contributed by atoms with Crippen LogP contribution in [0, 0.1) is 0 Å². The highest BCUT2D eigenvalue weighted by molar-refractivity contribution is 5.92. The quantitative estimate of drug-likeness (QED) is 0.640. The van der Waals surface area contributed by atoms with Crippen LogP contribution < -0.4 is 24.4 Å². The normalized spacial score (nSPS) is 15.9. The minimum Gasteiger partial charge on any atom is -0.493 e. The number of morpholine rings is 1. The smallest absolute Gasteiger partial charge is 0.416 e. The fourth-order valence-electron chi connectivity index (χ4n) is 3.80. The molecule has 182 valence electrons. The molecule has 0 atom stereocenters. The zero-order valence-electron chi connectivity index (χ0n) is 18.6. The second-order valence-electron chi connectivity index (χ2n) is 7.74. The summed E-state index contributed by atoms with van der Waals surface area (Å²) < 4.78 is 62.8. The molecule has 1 fully saturated rings.